The van der Waals surface area contributed by atoms with E-state index in [2.05, 4.69) is 10.2 Å². The minimum absolute atomic E-state index is 0.0378. The molecule has 1 fully saturated rings. The van der Waals surface area contributed by atoms with Crippen LogP contribution in [0.15, 0.2) is 0 Å². The van der Waals surface area contributed by atoms with Crippen molar-refractivity contribution in [1.29, 1.82) is 0 Å². The quantitative estimate of drug-likeness (QED) is 0.840. The Labute approximate surface area is 122 Å². The molecule has 0 aromatic heterocycles. The molecule has 1 saturated heterocycles. The van der Waals surface area contributed by atoms with Gasteiger partial charge >= 0.3 is 0 Å². The van der Waals surface area contributed by atoms with Crippen LogP contribution < -0.4 is 5.32 Å². The average Bonchev–Trinajstić information content (AvgIpc) is 2.30. The molecule has 1 rings (SSSR count). The number of carbonyl (C=O) groups is 2. The molecule has 3 unspecified atom stereocenters. The first kappa shape index (κ1) is 17.0. The number of carbonyl (C=O) groups excluding carboxylic acids is 2. The van der Waals surface area contributed by atoms with Gasteiger partial charge in [-0.15, -0.1) is 0 Å². The topological polar surface area (TPSA) is 52.6 Å². The maximum Gasteiger partial charge on any atom is 0.246 e. The van der Waals surface area contributed by atoms with Crippen molar-refractivity contribution in [3.63, 3.8) is 0 Å². The van der Waals surface area contributed by atoms with Gasteiger partial charge in [0.25, 0.3) is 0 Å². The summed E-state index contributed by atoms with van der Waals surface area (Å²) in [7, 11) is 4.03. The maximum atomic E-state index is 12.7. The molecule has 0 spiro atoms. The van der Waals surface area contributed by atoms with E-state index in [0.29, 0.717) is 0 Å². The van der Waals surface area contributed by atoms with E-state index in [1.807, 2.05) is 41.8 Å². The van der Waals surface area contributed by atoms with Gasteiger partial charge in [-0.25, -0.2) is 0 Å². The Balaban J connectivity index is 2.90. The molecule has 0 aromatic rings. The van der Waals surface area contributed by atoms with Gasteiger partial charge in [-0.2, -0.15) is 0 Å². The molecule has 0 bridgehead atoms. The lowest BCUT2D eigenvalue weighted by atomic mass is 9.83. The molecular formula is C15H29N3O2. The summed E-state index contributed by atoms with van der Waals surface area (Å²) in [6, 6.07) is -0.762. The number of rotatable bonds is 4. The highest BCUT2D eigenvalue weighted by atomic mass is 16.2. The number of hydrogen-bond donors (Lipinski definition) is 1. The Morgan fingerprint density at radius 1 is 1.30 bits per heavy atom. The molecule has 1 aliphatic rings. The number of nitrogens with zero attached hydrogens (tertiary/aromatic N) is 2. The second kappa shape index (κ2) is 6.12. The van der Waals surface area contributed by atoms with Crippen molar-refractivity contribution in [2.75, 3.05) is 20.6 Å². The first-order chi connectivity index (χ1) is 9.05. The average molecular weight is 283 g/mol. The molecule has 5 heteroatoms. The van der Waals surface area contributed by atoms with Crippen LogP contribution >= 0.6 is 0 Å². The highest BCUT2D eigenvalue weighted by Crippen LogP contribution is 2.26. The number of nitrogens with one attached hydrogen (secondary N) is 1. The smallest absolute Gasteiger partial charge is 0.246 e. The molecule has 1 heterocycles. The second-order valence-electron chi connectivity index (χ2n) is 7.17. The molecule has 0 aromatic carbocycles. The Kier molecular flexibility index (Phi) is 5.19. The van der Waals surface area contributed by atoms with Gasteiger partial charge in [0, 0.05) is 6.04 Å². The predicted octanol–water partition coefficient (Wildman–Crippen LogP) is 1.09. The first-order valence-corrected chi connectivity index (χ1v) is 7.33. The highest BCUT2D eigenvalue weighted by Gasteiger charge is 2.44. The molecule has 20 heavy (non-hydrogen) atoms. The molecule has 2 amide bonds. The Morgan fingerprint density at radius 2 is 1.85 bits per heavy atom. The fourth-order valence-corrected chi connectivity index (χ4v) is 2.56. The molecular weight excluding hydrogens is 254 g/mol. The predicted molar refractivity (Wildman–Crippen MR) is 80.3 cm³/mol. The summed E-state index contributed by atoms with van der Waals surface area (Å²) >= 11 is 0. The van der Waals surface area contributed by atoms with Gasteiger partial charge in [0.15, 0.2) is 0 Å². The van der Waals surface area contributed by atoms with E-state index < -0.39 is 12.1 Å². The van der Waals surface area contributed by atoms with E-state index in [-0.39, 0.29) is 23.3 Å². The van der Waals surface area contributed by atoms with Crippen LogP contribution in [-0.4, -0.2) is 60.4 Å². The molecule has 0 radical (unpaired) electrons. The summed E-state index contributed by atoms with van der Waals surface area (Å²) in [4.78, 5) is 28.7. The van der Waals surface area contributed by atoms with Gasteiger partial charge in [-0.1, -0.05) is 20.8 Å². The third-order valence-corrected chi connectivity index (χ3v) is 3.92. The summed E-state index contributed by atoms with van der Waals surface area (Å²) in [5, 5.41) is 2.87. The summed E-state index contributed by atoms with van der Waals surface area (Å²) in [6.45, 7) is 10.7. The first-order valence-electron chi connectivity index (χ1n) is 7.33. The zero-order valence-electron chi connectivity index (χ0n) is 13.9. The second-order valence-corrected chi connectivity index (χ2v) is 7.17. The lowest BCUT2D eigenvalue weighted by Crippen LogP contribution is -2.67. The van der Waals surface area contributed by atoms with E-state index >= 15 is 0 Å². The van der Waals surface area contributed by atoms with Crippen molar-refractivity contribution in [2.45, 2.75) is 59.2 Å². The van der Waals surface area contributed by atoms with Crippen molar-refractivity contribution < 1.29 is 9.59 Å². The highest BCUT2D eigenvalue weighted by molar-refractivity contribution is 5.97. The van der Waals surface area contributed by atoms with Crippen LogP contribution in [0.25, 0.3) is 0 Å². The Bertz CT molecular complexity index is 374. The van der Waals surface area contributed by atoms with Crippen molar-refractivity contribution in [1.82, 2.24) is 15.1 Å². The minimum Gasteiger partial charge on any atom is -0.342 e. The lowest BCUT2D eigenvalue weighted by Gasteiger charge is -2.45. The van der Waals surface area contributed by atoms with Crippen LogP contribution in [0, 0.1) is 5.41 Å². The van der Waals surface area contributed by atoms with Crippen molar-refractivity contribution in [3.05, 3.63) is 0 Å². The summed E-state index contributed by atoms with van der Waals surface area (Å²) in [6.07, 6.45) is 0.868. The standard InChI is InChI=1S/C15H29N3O2/c1-10(8-9-17(6)7)18-11(2)13(19)16-12(14(18)20)15(3,4)5/h10-12H,8-9H2,1-7H3,(H,16,19). The van der Waals surface area contributed by atoms with Crippen LogP contribution in [0.1, 0.15) is 41.0 Å². The number of piperazine rings is 1. The van der Waals surface area contributed by atoms with Crippen molar-refractivity contribution >= 4 is 11.8 Å². The van der Waals surface area contributed by atoms with Gasteiger partial charge in [0.2, 0.25) is 11.8 Å². The summed E-state index contributed by atoms with van der Waals surface area (Å²) < 4.78 is 0. The van der Waals surface area contributed by atoms with E-state index in [1.54, 1.807) is 11.8 Å². The normalized spacial score (nSPS) is 25.9. The van der Waals surface area contributed by atoms with Crippen LogP contribution in [0.3, 0.4) is 0 Å². The van der Waals surface area contributed by atoms with E-state index in [0.717, 1.165) is 13.0 Å². The van der Waals surface area contributed by atoms with Crippen LogP contribution in [-0.2, 0) is 9.59 Å². The van der Waals surface area contributed by atoms with Crippen LogP contribution in [0.5, 0.6) is 0 Å². The zero-order chi connectivity index (χ0) is 15.7. The molecule has 0 saturated carbocycles. The fourth-order valence-electron chi connectivity index (χ4n) is 2.56. The van der Waals surface area contributed by atoms with Crippen LogP contribution in [0.2, 0.25) is 0 Å². The lowest BCUT2D eigenvalue weighted by molar-refractivity contribution is -0.154. The van der Waals surface area contributed by atoms with Gasteiger partial charge in [-0.05, 0) is 46.3 Å². The van der Waals surface area contributed by atoms with Gasteiger partial charge in [-0.3, -0.25) is 9.59 Å². The number of amides is 2. The molecule has 1 N–H and O–H groups in total. The summed E-state index contributed by atoms with van der Waals surface area (Å²) in [5.41, 5.74) is -0.271. The van der Waals surface area contributed by atoms with Gasteiger partial charge in [0.05, 0.1) is 0 Å². The number of hydrogen-bond acceptors (Lipinski definition) is 3. The van der Waals surface area contributed by atoms with Crippen LogP contribution in [0.4, 0.5) is 0 Å². The van der Waals surface area contributed by atoms with Gasteiger partial charge < -0.3 is 15.1 Å². The summed E-state index contributed by atoms with van der Waals surface area (Å²) in [5.74, 6) is -0.0166. The van der Waals surface area contributed by atoms with E-state index in [4.69, 9.17) is 0 Å². The van der Waals surface area contributed by atoms with Crippen molar-refractivity contribution in [2.24, 2.45) is 5.41 Å². The van der Waals surface area contributed by atoms with Gasteiger partial charge in [0.1, 0.15) is 12.1 Å². The van der Waals surface area contributed by atoms with Crippen molar-refractivity contribution in [3.8, 4) is 0 Å². The molecule has 0 aliphatic carbocycles. The Morgan fingerprint density at radius 3 is 2.30 bits per heavy atom. The Hall–Kier alpha value is -1.10. The molecule has 3 atom stereocenters. The molecule has 116 valence electrons. The third-order valence-electron chi connectivity index (χ3n) is 3.92. The van der Waals surface area contributed by atoms with E-state index in [1.165, 1.54) is 0 Å². The zero-order valence-corrected chi connectivity index (χ0v) is 13.9. The monoisotopic (exact) mass is 283 g/mol. The largest absolute Gasteiger partial charge is 0.342 e. The minimum atomic E-state index is -0.437. The third kappa shape index (κ3) is 3.72. The molecule has 1 aliphatic heterocycles. The van der Waals surface area contributed by atoms with E-state index in [9.17, 15) is 9.59 Å². The maximum absolute atomic E-state index is 12.7. The fraction of sp³-hybridized carbons (Fsp3) is 0.867. The SMILES string of the molecule is CC(CCN(C)C)N1C(=O)C(C(C)(C)C)NC(=O)C1C. The molecule has 5 nitrogen and oxygen atoms in total.